The average molecular weight is 244 g/mol. The summed E-state index contributed by atoms with van der Waals surface area (Å²) in [5.74, 6) is 3.66. The molecule has 0 amide bonds. The lowest BCUT2D eigenvalue weighted by molar-refractivity contribution is 0.650. The summed E-state index contributed by atoms with van der Waals surface area (Å²) >= 11 is 4.00. The summed E-state index contributed by atoms with van der Waals surface area (Å²) in [6.07, 6.45) is 2.78. The smallest absolute Gasteiger partial charge is 0.0842 e. The van der Waals surface area contributed by atoms with E-state index in [0.29, 0.717) is 5.25 Å². The molecule has 0 bridgehead atoms. The van der Waals surface area contributed by atoms with Crippen LogP contribution < -0.4 is 5.73 Å². The summed E-state index contributed by atoms with van der Waals surface area (Å²) in [7, 11) is 1.88. The normalized spacial score (nSPS) is 24.0. The number of aromatic nitrogens is 3. The molecule has 2 unspecified atom stereocenters. The van der Waals surface area contributed by atoms with Gasteiger partial charge in [-0.15, -0.1) is 5.10 Å². The molecule has 1 aromatic rings. The fraction of sp³-hybridized carbons (Fsp3) is 0.778. The van der Waals surface area contributed by atoms with Crippen molar-refractivity contribution in [3.05, 3.63) is 11.9 Å². The quantitative estimate of drug-likeness (QED) is 0.841. The van der Waals surface area contributed by atoms with E-state index < -0.39 is 0 Å². The maximum Gasteiger partial charge on any atom is 0.0842 e. The van der Waals surface area contributed by atoms with E-state index >= 15 is 0 Å². The first-order valence-electron chi connectivity index (χ1n) is 5.06. The summed E-state index contributed by atoms with van der Waals surface area (Å²) in [5, 5.41) is 8.56. The average Bonchev–Trinajstić information content (AvgIpc) is 2.65. The monoisotopic (exact) mass is 244 g/mol. The van der Waals surface area contributed by atoms with Gasteiger partial charge in [0, 0.05) is 48.2 Å². The van der Waals surface area contributed by atoms with Crippen molar-refractivity contribution in [3.8, 4) is 0 Å². The van der Waals surface area contributed by atoms with E-state index in [2.05, 4.69) is 10.3 Å². The Morgan fingerprint density at radius 2 is 2.53 bits per heavy atom. The van der Waals surface area contributed by atoms with E-state index in [0.717, 1.165) is 12.1 Å². The van der Waals surface area contributed by atoms with Crippen molar-refractivity contribution in [3.63, 3.8) is 0 Å². The molecule has 1 fully saturated rings. The SMILES string of the molecule is Cn1cc(CC(N)C2CSCCS2)nn1. The van der Waals surface area contributed by atoms with Gasteiger partial charge < -0.3 is 5.73 Å². The van der Waals surface area contributed by atoms with E-state index in [-0.39, 0.29) is 6.04 Å². The Labute approximate surface area is 98.4 Å². The van der Waals surface area contributed by atoms with Crippen LogP contribution >= 0.6 is 23.5 Å². The van der Waals surface area contributed by atoms with Crippen LogP contribution in [-0.4, -0.2) is 43.5 Å². The minimum Gasteiger partial charge on any atom is -0.326 e. The van der Waals surface area contributed by atoms with Gasteiger partial charge >= 0.3 is 0 Å². The summed E-state index contributed by atoms with van der Waals surface area (Å²) < 4.78 is 1.73. The number of hydrogen-bond donors (Lipinski definition) is 1. The molecule has 0 saturated carbocycles. The maximum atomic E-state index is 6.18. The van der Waals surface area contributed by atoms with Crippen LogP contribution in [0.4, 0.5) is 0 Å². The second-order valence-electron chi connectivity index (χ2n) is 3.74. The lowest BCUT2D eigenvalue weighted by atomic mass is 10.1. The first-order chi connectivity index (χ1) is 7.25. The fourth-order valence-electron chi connectivity index (χ4n) is 1.61. The molecular formula is C9H16N4S2. The van der Waals surface area contributed by atoms with Crippen LogP contribution in [0.15, 0.2) is 6.20 Å². The van der Waals surface area contributed by atoms with E-state index in [4.69, 9.17) is 5.73 Å². The van der Waals surface area contributed by atoms with Crippen molar-refractivity contribution in [1.82, 2.24) is 15.0 Å². The van der Waals surface area contributed by atoms with Gasteiger partial charge in [0.2, 0.25) is 0 Å². The third kappa shape index (κ3) is 3.12. The molecule has 2 rings (SSSR count). The van der Waals surface area contributed by atoms with Gasteiger partial charge in [-0.25, -0.2) is 0 Å². The van der Waals surface area contributed by atoms with Crippen LogP contribution in [-0.2, 0) is 13.5 Å². The predicted octanol–water partition coefficient (Wildman–Crippen LogP) is 0.533. The van der Waals surface area contributed by atoms with Crippen molar-refractivity contribution >= 4 is 23.5 Å². The van der Waals surface area contributed by atoms with Crippen LogP contribution in [0.2, 0.25) is 0 Å². The van der Waals surface area contributed by atoms with Gasteiger partial charge in [-0.1, -0.05) is 5.21 Å². The zero-order chi connectivity index (χ0) is 10.7. The molecule has 84 valence electrons. The Balaban J connectivity index is 1.88. The standard InChI is InChI=1S/C9H16N4S2/c1-13-5-7(11-12-13)4-8(10)9-6-14-2-3-15-9/h5,8-9H,2-4,6,10H2,1H3. The van der Waals surface area contributed by atoms with Crippen molar-refractivity contribution in [2.24, 2.45) is 12.8 Å². The first-order valence-corrected chi connectivity index (χ1v) is 7.26. The third-order valence-corrected chi connectivity index (χ3v) is 5.36. The molecule has 1 aromatic heterocycles. The van der Waals surface area contributed by atoms with E-state index in [1.807, 2.05) is 36.8 Å². The van der Waals surface area contributed by atoms with Gasteiger partial charge in [-0.2, -0.15) is 23.5 Å². The zero-order valence-electron chi connectivity index (χ0n) is 8.80. The summed E-state index contributed by atoms with van der Waals surface area (Å²) in [4.78, 5) is 0. The lowest BCUT2D eigenvalue weighted by Gasteiger charge is -2.26. The fourth-order valence-corrected chi connectivity index (χ4v) is 4.44. The number of nitrogens with zero attached hydrogens (tertiary/aromatic N) is 3. The number of hydrogen-bond acceptors (Lipinski definition) is 5. The molecule has 6 heteroatoms. The highest BCUT2D eigenvalue weighted by Gasteiger charge is 2.22. The number of thioether (sulfide) groups is 2. The van der Waals surface area contributed by atoms with E-state index in [9.17, 15) is 0 Å². The second-order valence-corrected chi connectivity index (χ2v) is 6.23. The number of nitrogens with two attached hydrogens (primary N) is 1. The van der Waals surface area contributed by atoms with Gasteiger partial charge in [0.1, 0.15) is 0 Å². The summed E-state index contributed by atoms with van der Waals surface area (Å²) in [5.41, 5.74) is 7.18. The largest absolute Gasteiger partial charge is 0.326 e. The highest BCUT2D eigenvalue weighted by Crippen LogP contribution is 2.26. The molecule has 1 aliphatic rings. The minimum absolute atomic E-state index is 0.208. The molecule has 2 N–H and O–H groups in total. The molecule has 15 heavy (non-hydrogen) atoms. The number of rotatable bonds is 3. The first kappa shape index (κ1) is 11.3. The minimum atomic E-state index is 0.208. The Morgan fingerprint density at radius 1 is 1.67 bits per heavy atom. The molecule has 1 saturated heterocycles. The Hall–Kier alpha value is -0.200. The second kappa shape index (κ2) is 5.23. The summed E-state index contributed by atoms with van der Waals surface area (Å²) in [6, 6.07) is 0.208. The van der Waals surface area contributed by atoms with E-state index in [1.165, 1.54) is 17.3 Å². The van der Waals surface area contributed by atoms with Crippen molar-refractivity contribution in [2.45, 2.75) is 17.7 Å². The van der Waals surface area contributed by atoms with Crippen molar-refractivity contribution in [1.29, 1.82) is 0 Å². The van der Waals surface area contributed by atoms with Gasteiger partial charge in [0.05, 0.1) is 5.69 Å². The highest BCUT2D eigenvalue weighted by molar-refractivity contribution is 8.06. The predicted molar refractivity (Wildman–Crippen MR) is 66.3 cm³/mol. The number of aryl methyl sites for hydroxylation is 1. The molecule has 2 atom stereocenters. The maximum absolute atomic E-state index is 6.18. The van der Waals surface area contributed by atoms with Gasteiger partial charge in [-0.05, 0) is 0 Å². The molecular weight excluding hydrogens is 228 g/mol. The Kier molecular flexibility index (Phi) is 3.93. The molecule has 4 nitrogen and oxygen atoms in total. The molecule has 0 aromatic carbocycles. The molecule has 0 aliphatic carbocycles. The van der Waals surface area contributed by atoms with Crippen LogP contribution in [0.25, 0.3) is 0 Å². The van der Waals surface area contributed by atoms with E-state index in [1.54, 1.807) is 4.68 Å². The van der Waals surface area contributed by atoms with Crippen LogP contribution in [0.3, 0.4) is 0 Å². The Morgan fingerprint density at radius 3 is 3.13 bits per heavy atom. The van der Waals surface area contributed by atoms with Gasteiger partial charge in [-0.3, -0.25) is 4.68 Å². The van der Waals surface area contributed by atoms with Crippen molar-refractivity contribution < 1.29 is 0 Å². The van der Waals surface area contributed by atoms with Gasteiger partial charge in [0.25, 0.3) is 0 Å². The van der Waals surface area contributed by atoms with Crippen LogP contribution in [0.5, 0.6) is 0 Å². The highest BCUT2D eigenvalue weighted by atomic mass is 32.2. The van der Waals surface area contributed by atoms with Crippen molar-refractivity contribution in [2.75, 3.05) is 17.3 Å². The molecule has 2 heterocycles. The summed E-state index contributed by atoms with van der Waals surface area (Å²) in [6.45, 7) is 0. The third-order valence-electron chi connectivity index (χ3n) is 2.41. The molecule has 1 aliphatic heterocycles. The molecule has 0 radical (unpaired) electrons. The van der Waals surface area contributed by atoms with Gasteiger partial charge in [0.15, 0.2) is 0 Å². The van der Waals surface area contributed by atoms with Crippen LogP contribution in [0, 0.1) is 0 Å². The lowest BCUT2D eigenvalue weighted by Crippen LogP contribution is -2.38. The zero-order valence-corrected chi connectivity index (χ0v) is 10.4. The Bertz CT molecular complexity index is 309. The van der Waals surface area contributed by atoms with Crippen LogP contribution in [0.1, 0.15) is 5.69 Å². The molecule has 0 spiro atoms. The topological polar surface area (TPSA) is 56.7 Å².